The maximum atomic E-state index is 11.9. The molecular formula is C16H20N4O3S. The lowest BCUT2D eigenvalue weighted by molar-refractivity contribution is 0.251. The Bertz CT molecular complexity index is 751. The monoisotopic (exact) mass is 348 g/mol. The number of hydrogen-bond donors (Lipinski definition) is 2. The van der Waals surface area contributed by atoms with Crippen molar-refractivity contribution in [2.24, 2.45) is 0 Å². The van der Waals surface area contributed by atoms with Crippen molar-refractivity contribution < 1.29 is 13.2 Å². The number of carbonyl (C=O) groups is 1. The Morgan fingerprint density at radius 1 is 1.12 bits per heavy atom. The third kappa shape index (κ3) is 5.98. The van der Waals surface area contributed by atoms with E-state index in [0.717, 1.165) is 6.26 Å². The maximum Gasteiger partial charge on any atom is 0.319 e. The van der Waals surface area contributed by atoms with Gasteiger partial charge in [-0.05, 0) is 24.3 Å². The fraction of sp³-hybridized carbons (Fsp3) is 0.250. The van der Waals surface area contributed by atoms with Crippen LogP contribution in [0, 0.1) is 0 Å². The summed E-state index contributed by atoms with van der Waals surface area (Å²) in [7, 11) is -3.40. The summed E-state index contributed by atoms with van der Waals surface area (Å²) < 4.78 is 25.0. The van der Waals surface area contributed by atoms with Gasteiger partial charge in [-0.2, -0.15) is 4.31 Å². The van der Waals surface area contributed by atoms with Gasteiger partial charge in [-0.25, -0.2) is 13.2 Å². The fourth-order valence-electron chi connectivity index (χ4n) is 2.03. The molecule has 2 amide bonds. The average Bonchev–Trinajstić information content (AvgIpc) is 2.55. The van der Waals surface area contributed by atoms with Gasteiger partial charge in [-0.15, -0.1) is 0 Å². The Morgan fingerprint density at radius 3 is 2.46 bits per heavy atom. The van der Waals surface area contributed by atoms with Crippen LogP contribution in [0.2, 0.25) is 0 Å². The molecule has 7 nitrogen and oxygen atoms in total. The van der Waals surface area contributed by atoms with Gasteiger partial charge in [0.05, 0.1) is 18.5 Å². The first kappa shape index (κ1) is 17.9. The van der Waals surface area contributed by atoms with Crippen LogP contribution in [0.3, 0.4) is 0 Å². The molecule has 0 atom stereocenters. The number of sulfonamides is 1. The lowest BCUT2D eigenvalue weighted by Crippen LogP contribution is -2.39. The molecule has 1 heterocycles. The highest BCUT2D eigenvalue weighted by molar-refractivity contribution is 7.88. The number of hydrogen-bond acceptors (Lipinski definition) is 4. The lowest BCUT2D eigenvalue weighted by Gasteiger charge is -2.19. The van der Waals surface area contributed by atoms with Crippen LogP contribution in [0.15, 0.2) is 54.7 Å². The average molecular weight is 348 g/mol. The minimum atomic E-state index is -3.40. The van der Waals surface area contributed by atoms with Gasteiger partial charge in [0, 0.05) is 25.0 Å². The normalized spacial score (nSPS) is 11.2. The topological polar surface area (TPSA) is 91.4 Å². The van der Waals surface area contributed by atoms with Gasteiger partial charge >= 0.3 is 6.03 Å². The van der Waals surface area contributed by atoms with Gasteiger partial charge < -0.3 is 10.6 Å². The van der Waals surface area contributed by atoms with Crippen molar-refractivity contribution in [2.75, 3.05) is 24.7 Å². The summed E-state index contributed by atoms with van der Waals surface area (Å²) in [6.45, 7) is 0.526. The molecular weight excluding hydrogens is 328 g/mol. The molecule has 1 aromatic heterocycles. The van der Waals surface area contributed by atoms with Crippen LogP contribution >= 0.6 is 0 Å². The van der Waals surface area contributed by atoms with E-state index in [1.54, 1.807) is 36.5 Å². The highest BCUT2D eigenvalue weighted by atomic mass is 32.2. The summed E-state index contributed by atoms with van der Waals surface area (Å²) >= 11 is 0. The summed E-state index contributed by atoms with van der Waals surface area (Å²) in [6, 6.07) is 14.0. The molecule has 24 heavy (non-hydrogen) atoms. The first-order valence-electron chi connectivity index (χ1n) is 7.40. The first-order chi connectivity index (χ1) is 11.4. The third-order valence-electron chi connectivity index (χ3n) is 3.21. The van der Waals surface area contributed by atoms with Gasteiger partial charge in [0.25, 0.3) is 0 Å². The van der Waals surface area contributed by atoms with E-state index in [2.05, 4.69) is 15.6 Å². The van der Waals surface area contributed by atoms with Crippen LogP contribution in [-0.2, 0) is 16.6 Å². The van der Waals surface area contributed by atoms with Crippen LogP contribution in [0.1, 0.15) is 5.69 Å². The van der Waals surface area contributed by atoms with Crippen molar-refractivity contribution in [3.63, 3.8) is 0 Å². The van der Waals surface area contributed by atoms with E-state index >= 15 is 0 Å². The Kier molecular flexibility index (Phi) is 6.28. The molecule has 8 heteroatoms. The number of amides is 2. The second kappa shape index (κ2) is 8.42. The number of carbonyl (C=O) groups excluding carboxylic acids is 1. The number of pyridine rings is 1. The summed E-state index contributed by atoms with van der Waals surface area (Å²) in [5.41, 5.74) is 1.32. The van der Waals surface area contributed by atoms with E-state index in [1.165, 1.54) is 4.31 Å². The number of nitrogens with zero attached hydrogens (tertiary/aromatic N) is 2. The third-order valence-corrected chi connectivity index (χ3v) is 4.46. The molecule has 0 spiro atoms. The largest absolute Gasteiger partial charge is 0.337 e. The summed E-state index contributed by atoms with van der Waals surface area (Å²) in [5.74, 6) is 0. The molecule has 0 saturated heterocycles. The Hall–Kier alpha value is -2.45. The van der Waals surface area contributed by atoms with Crippen molar-refractivity contribution in [2.45, 2.75) is 6.54 Å². The van der Waals surface area contributed by atoms with Crippen LogP contribution in [0.25, 0.3) is 0 Å². The Labute approximate surface area is 141 Å². The summed E-state index contributed by atoms with van der Waals surface area (Å²) in [5, 5.41) is 5.32. The van der Waals surface area contributed by atoms with Gasteiger partial charge in [0.15, 0.2) is 0 Å². The summed E-state index contributed by atoms with van der Waals surface area (Å²) in [4.78, 5) is 15.9. The van der Waals surface area contributed by atoms with E-state index in [1.807, 2.05) is 18.2 Å². The zero-order chi connectivity index (χ0) is 17.4. The Morgan fingerprint density at radius 2 is 1.83 bits per heavy atom. The molecule has 0 bridgehead atoms. The molecule has 0 radical (unpaired) electrons. The van der Waals surface area contributed by atoms with Gasteiger partial charge in [0.1, 0.15) is 0 Å². The van der Waals surface area contributed by atoms with E-state index in [-0.39, 0.29) is 25.7 Å². The standard InChI is InChI=1S/C16H20N4O3S/c1-24(22,23)20(13-15-9-5-6-10-17-15)12-11-18-16(21)19-14-7-3-2-4-8-14/h2-10H,11-13H2,1H3,(H2,18,19,21). The highest BCUT2D eigenvalue weighted by Gasteiger charge is 2.17. The highest BCUT2D eigenvalue weighted by Crippen LogP contribution is 2.06. The number of anilines is 1. The number of urea groups is 1. The van der Waals surface area contributed by atoms with Crippen LogP contribution in [0.4, 0.5) is 10.5 Å². The van der Waals surface area contributed by atoms with Gasteiger partial charge in [-0.3, -0.25) is 4.98 Å². The van der Waals surface area contributed by atoms with Crippen molar-refractivity contribution in [3.8, 4) is 0 Å². The fourth-order valence-corrected chi connectivity index (χ4v) is 2.82. The quantitative estimate of drug-likeness (QED) is 0.796. The van der Waals surface area contributed by atoms with E-state index < -0.39 is 10.0 Å². The predicted octanol–water partition coefficient (Wildman–Crippen LogP) is 1.66. The molecule has 2 aromatic rings. The van der Waals surface area contributed by atoms with Crippen LogP contribution in [0.5, 0.6) is 0 Å². The van der Waals surface area contributed by atoms with E-state index in [0.29, 0.717) is 11.4 Å². The summed E-state index contributed by atoms with van der Waals surface area (Å²) in [6.07, 6.45) is 2.75. The maximum absolute atomic E-state index is 11.9. The molecule has 128 valence electrons. The molecule has 0 saturated carbocycles. The Balaban J connectivity index is 1.86. The molecule has 2 rings (SSSR count). The van der Waals surface area contributed by atoms with Crippen molar-refractivity contribution >= 4 is 21.7 Å². The molecule has 1 aromatic carbocycles. The van der Waals surface area contributed by atoms with Crippen LogP contribution < -0.4 is 10.6 Å². The lowest BCUT2D eigenvalue weighted by atomic mass is 10.3. The smallest absolute Gasteiger partial charge is 0.319 e. The minimum absolute atomic E-state index is 0.164. The van der Waals surface area contributed by atoms with Crippen molar-refractivity contribution in [1.82, 2.24) is 14.6 Å². The van der Waals surface area contributed by atoms with Gasteiger partial charge in [0.2, 0.25) is 10.0 Å². The number of nitrogens with one attached hydrogen (secondary N) is 2. The first-order valence-corrected chi connectivity index (χ1v) is 9.25. The molecule has 0 fully saturated rings. The minimum Gasteiger partial charge on any atom is -0.337 e. The number of aromatic nitrogens is 1. The van der Waals surface area contributed by atoms with Crippen LogP contribution in [-0.4, -0.2) is 43.1 Å². The van der Waals surface area contributed by atoms with Gasteiger partial charge in [-0.1, -0.05) is 24.3 Å². The second-order valence-electron chi connectivity index (χ2n) is 5.16. The molecule has 0 aliphatic carbocycles. The number of benzene rings is 1. The van der Waals surface area contributed by atoms with Crippen molar-refractivity contribution in [1.29, 1.82) is 0 Å². The zero-order valence-electron chi connectivity index (χ0n) is 13.3. The second-order valence-corrected chi connectivity index (χ2v) is 7.15. The molecule has 0 unspecified atom stereocenters. The van der Waals surface area contributed by atoms with Crippen molar-refractivity contribution in [3.05, 3.63) is 60.4 Å². The van der Waals surface area contributed by atoms with E-state index in [4.69, 9.17) is 0 Å². The molecule has 0 aliphatic rings. The molecule has 2 N–H and O–H groups in total. The number of para-hydroxylation sites is 1. The predicted molar refractivity (Wildman–Crippen MR) is 93.0 cm³/mol. The SMILES string of the molecule is CS(=O)(=O)N(CCNC(=O)Nc1ccccc1)Cc1ccccn1. The number of rotatable bonds is 7. The zero-order valence-corrected chi connectivity index (χ0v) is 14.2. The molecule has 0 aliphatic heterocycles. The van der Waals surface area contributed by atoms with E-state index in [9.17, 15) is 13.2 Å².